The lowest BCUT2D eigenvalue weighted by molar-refractivity contribution is 0.199. The summed E-state index contributed by atoms with van der Waals surface area (Å²) in [7, 11) is 1.71. The fraction of sp³-hybridized carbons (Fsp3) is 0.538. The molecule has 0 aromatic carbocycles. The Morgan fingerprint density at radius 3 is 3.00 bits per heavy atom. The maximum absolute atomic E-state index is 5.02. The summed E-state index contributed by atoms with van der Waals surface area (Å²) >= 11 is 1.73. The molecule has 0 aliphatic heterocycles. The predicted molar refractivity (Wildman–Crippen MR) is 76.5 cm³/mol. The summed E-state index contributed by atoms with van der Waals surface area (Å²) in [5, 5.41) is 4.46. The van der Waals surface area contributed by atoms with Gasteiger partial charge >= 0.3 is 0 Å². The van der Waals surface area contributed by atoms with Gasteiger partial charge in [-0.15, -0.1) is 11.3 Å². The van der Waals surface area contributed by atoms with Crippen molar-refractivity contribution in [3.05, 3.63) is 34.3 Å². The molecule has 0 aliphatic carbocycles. The third kappa shape index (κ3) is 3.62. The van der Waals surface area contributed by atoms with Crippen LogP contribution in [0.3, 0.4) is 0 Å². The average Bonchev–Trinajstić information content (AvgIpc) is 3.03. The summed E-state index contributed by atoms with van der Waals surface area (Å²) in [6.45, 7) is 6.58. The third-order valence-corrected chi connectivity index (χ3v) is 4.03. The highest BCUT2D eigenvalue weighted by Crippen LogP contribution is 2.23. The number of thiazole rings is 1. The molecule has 0 fully saturated rings. The van der Waals surface area contributed by atoms with Gasteiger partial charge in [0.15, 0.2) is 0 Å². The normalized spacial score (nSPS) is 12.8. The van der Waals surface area contributed by atoms with Crippen molar-refractivity contribution in [1.29, 1.82) is 0 Å². The molecule has 0 saturated heterocycles. The van der Waals surface area contributed by atoms with Crippen LogP contribution in [-0.4, -0.2) is 34.8 Å². The maximum atomic E-state index is 5.02. The largest absolute Gasteiger partial charge is 0.383 e. The number of ether oxygens (including phenoxy) is 1. The van der Waals surface area contributed by atoms with Gasteiger partial charge in [-0.25, -0.2) is 9.97 Å². The van der Waals surface area contributed by atoms with Crippen LogP contribution in [0.5, 0.6) is 0 Å². The van der Waals surface area contributed by atoms with Crippen molar-refractivity contribution in [2.75, 3.05) is 20.3 Å². The van der Waals surface area contributed by atoms with Gasteiger partial charge in [-0.2, -0.15) is 0 Å². The topological polar surface area (TPSA) is 52.0 Å². The zero-order valence-electron chi connectivity index (χ0n) is 11.6. The molecule has 1 unspecified atom stereocenters. The van der Waals surface area contributed by atoms with Gasteiger partial charge in [0.1, 0.15) is 5.01 Å². The molecular formula is C13H20N4OS. The zero-order chi connectivity index (χ0) is 13.7. The molecule has 2 aromatic heterocycles. The molecule has 6 heteroatoms. The van der Waals surface area contributed by atoms with E-state index in [0.717, 1.165) is 30.4 Å². The minimum Gasteiger partial charge on any atom is -0.383 e. The van der Waals surface area contributed by atoms with Crippen LogP contribution < -0.4 is 5.32 Å². The van der Waals surface area contributed by atoms with E-state index in [1.54, 1.807) is 18.4 Å². The number of imidazole rings is 1. The first-order chi connectivity index (χ1) is 9.22. The number of methoxy groups -OCH3 is 1. The second kappa shape index (κ2) is 6.79. The summed E-state index contributed by atoms with van der Waals surface area (Å²) in [5.74, 6) is 0. The van der Waals surface area contributed by atoms with E-state index in [1.807, 2.05) is 18.7 Å². The molecule has 5 nitrogen and oxygen atoms in total. The molecule has 1 atom stereocenters. The Balaban J connectivity index is 2.02. The quantitative estimate of drug-likeness (QED) is 0.788. The van der Waals surface area contributed by atoms with Gasteiger partial charge in [0.25, 0.3) is 0 Å². The molecule has 104 valence electrons. The van der Waals surface area contributed by atoms with Crippen LogP contribution >= 0.6 is 11.3 Å². The number of hydrogen-bond acceptors (Lipinski definition) is 5. The minimum atomic E-state index is 0.223. The van der Waals surface area contributed by atoms with Gasteiger partial charge in [-0.05, 0) is 13.8 Å². The molecular weight excluding hydrogens is 260 g/mol. The Morgan fingerprint density at radius 2 is 2.32 bits per heavy atom. The summed E-state index contributed by atoms with van der Waals surface area (Å²) in [5.41, 5.74) is 1.16. The van der Waals surface area contributed by atoms with E-state index in [2.05, 4.69) is 33.7 Å². The summed E-state index contributed by atoms with van der Waals surface area (Å²) in [4.78, 5) is 9.93. The second-order valence-corrected chi connectivity index (χ2v) is 5.71. The number of aryl methyl sites for hydroxylation is 1. The van der Waals surface area contributed by atoms with Gasteiger partial charge in [-0.3, -0.25) is 0 Å². The molecule has 1 N–H and O–H groups in total. The molecule has 2 heterocycles. The number of aromatic nitrogens is 3. The lowest BCUT2D eigenvalue weighted by atomic mass is 10.3. The smallest absolute Gasteiger partial charge is 0.115 e. The lowest BCUT2D eigenvalue weighted by Gasteiger charge is -2.14. The Morgan fingerprint density at radius 1 is 1.47 bits per heavy atom. The second-order valence-electron chi connectivity index (χ2n) is 4.45. The van der Waals surface area contributed by atoms with Crippen LogP contribution in [0.15, 0.2) is 18.7 Å². The van der Waals surface area contributed by atoms with Gasteiger partial charge < -0.3 is 14.6 Å². The van der Waals surface area contributed by atoms with Crippen molar-refractivity contribution in [3.8, 4) is 0 Å². The van der Waals surface area contributed by atoms with Gasteiger partial charge in [0.05, 0.1) is 24.7 Å². The molecule has 0 aliphatic rings. The lowest BCUT2D eigenvalue weighted by Crippen LogP contribution is -2.21. The highest BCUT2D eigenvalue weighted by atomic mass is 32.1. The van der Waals surface area contributed by atoms with Crippen molar-refractivity contribution in [3.63, 3.8) is 0 Å². The van der Waals surface area contributed by atoms with Crippen LogP contribution in [0.25, 0.3) is 0 Å². The van der Waals surface area contributed by atoms with E-state index in [-0.39, 0.29) is 6.04 Å². The predicted octanol–water partition coefficient (Wildman–Crippen LogP) is 1.99. The summed E-state index contributed by atoms with van der Waals surface area (Å²) in [6, 6.07) is 0.223. The van der Waals surface area contributed by atoms with Crippen molar-refractivity contribution >= 4 is 11.3 Å². The van der Waals surface area contributed by atoms with Crippen molar-refractivity contribution < 1.29 is 4.74 Å². The van der Waals surface area contributed by atoms with Crippen LogP contribution in [0, 0.1) is 6.92 Å². The number of hydrogen-bond donors (Lipinski definition) is 1. The molecule has 0 amide bonds. The van der Waals surface area contributed by atoms with Gasteiger partial charge in [-0.1, -0.05) is 0 Å². The van der Waals surface area contributed by atoms with Crippen LogP contribution in [-0.2, 0) is 11.3 Å². The van der Waals surface area contributed by atoms with E-state index in [9.17, 15) is 0 Å². The summed E-state index contributed by atoms with van der Waals surface area (Å²) < 4.78 is 7.18. The third-order valence-electron chi connectivity index (χ3n) is 2.95. The standard InChI is InChI=1S/C13H20N4OS/c1-10-6-16-13(19-10)11(2)17-9-15-8-12(17)7-14-4-5-18-3/h6,8-9,11,14H,4-5,7H2,1-3H3. The highest BCUT2D eigenvalue weighted by Gasteiger charge is 2.14. The Hall–Kier alpha value is -1.24. The molecule has 2 rings (SSSR count). The molecule has 0 bridgehead atoms. The first-order valence-electron chi connectivity index (χ1n) is 6.35. The maximum Gasteiger partial charge on any atom is 0.115 e. The Kier molecular flexibility index (Phi) is 5.07. The minimum absolute atomic E-state index is 0.223. The van der Waals surface area contributed by atoms with Crippen molar-refractivity contribution in [1.82, 2.24) is 19.9 Å². The van der Waals surface area contributed by atoms with Crippen LogP contribution in [0.4, 0.5) is 0 Å². The van der Waals surface area contributed by atoms with Crippen molar-refractivity contribution in [2.24, 2.45) is 0 Å². The van der Waals surface area contributed by atoms with E-state index in [0.29, 0.717) is 0 Å². The van der Waals surface area contributed by atoms with E-state index < -0.39 is 0 Å². The van der Waals surface area contributed by atoms with Gasteiger partial charge in [0, 0.05) is 37.5 Å². The molecule has 0 radical (unpaired) electrons. The van der Waals surface area contributed by atoms with Crippen LogP contribution in [0.1, 0.15) is 28.5 Å². The Bertz CT molecular complexity index is 508. The molecule has 0 spiro atoms. The molecule has 0 saturated carbocycles. The monoisotopic (exact) mass is 280 g/mol. The van der Waals surface area contributed by atoms with Crippen molar-refractivity contribution in [2.45, 2.75) is 26.4 Å². The molecule has 2 aromatic rings. The SMILES string of the molecule is COCCNCc1cncn1C(C)c1ncc(C)s1. The van der Waals surface area contributed by atoms with Gasteiger partial charge in [0.2, 0.25) is 0 Å². The number of nitrogens with zero attached hydrogens (tertiary/aromatic N) is 3. The van der Waals surface area contributed by atoms with E-state index >= 15 is 0 Å². The first kappa shape index (κ1) is 14.2. The fourth-order valence-corrected chi connectivity index (χ4v) is 2.72. The van der Waals surface area contributed by atoms with E-state index in [1.165, 1.54) is 4.88 Å². The highest BCUT2D eigenvalue weighted by molar-refractivity contribution is 7.11. The fourth-order valence-electron chi connectivity index (χ4n) is 1.89. The Labute approximate surface area is 117 Å². The number of nitrogens with one attached hydrogen (secondary N) is 1. The average molecular weight is 280 g/mol. The van der Waals surface area contributed by atoms with Crippen LogP contribution in [0.2, 0.25) is 0 Å². The zero-order valence-corrected chi connectivity index (χ0v) is 12.4. The number of rotatable bonds is 7. The van der Waals surface area contributed by atoms with E-state index in [4.69, 9.17) is 4.74 Å². The summed E-state index contributed by atoms with van der Waals surface area (Å²) in [6.07, 6.45) is 5.69. The molecule has 19 heavy (non-hydrogen) atoms. The first-order valence-corrected chi connectivity index (χ1v) is 7.16.